The van der Waals surface area contributed by atoms with E-state index in [0.717, 1.165) is 56.3 Å². The van der Waals surface area contributed by atoms with Crippen LogP contribution in [0.25, 0.3) is 6.08 Å². The second kappa shape index (κ2) is 14.1. The topological polar surface area (TPSA) is 114 Å². The average molecular weight is 493 g/mol. The van der Waals surface area contributed by atoms with Gasteiger partial charge in [0.2, 0.25) is 0 Å². The third-order valence-electron chi connectivity index (χ3n) is 6.03. The van der Waals surface area contributed by atoms with E-state index in [-0.39, 0.29) is 24.8 Å². The number of benzene rings is 2. The van der Waals surface area contributed by atoms with Crippen LogP contribution in [0.4, 0.5) is 11.4 Å². The van der Waals surface area contributed by atoms with E-state index < -0.39 is 5.97 Å². The van der Waals surface area contributed by atoms with Crippen LogP contribution in [0, 0.1) is 0 Å². The number of esters is 2. The molecule has 0 spiro atoms. The Labute approximate surface area is 213 Å². The van der Waals surface area contributed by atoms with Crippen molar-refractivity contribution >= 4 is 29.4 Å². The number of allylic oxidation sites excluding steroid dienone is 1. The summed E-state index contributed by atoms with van der Waals surface area (Å²) in [4.78, 5) is 24.5. The summed E-state index contributed by atoms with van der Waals surface area (Å²) in [6.45, 7) is 4.69. The second-order valence-corrected chi connectivity index (χ2v) is 8.99. The number of carbonyl (C=O) groups is 2. The van der Waals surface area contributed by atoms with Crippen LogP contribution in [0.5, 0.6) is 0 Å². The normalized spacial score (nSPS) is 17.6. The number of unbranched alkanes of at least 4 members (excludes halogenated alkanes) is 1. The molecule has 192 valence electrons. The van der Waals surface area contributed by atoms with Gasteiger partial charge in [0.25, 0.3) is 0 Å². The maximum atomic E-state index is 12.5. The maximum absolute atomic E-state index is 12.5. The fourth-order valence-electron chi connectivity index (χ4n) is 4.12. The highest BCUT2D eigenvalue weighted by atomic mass is 16.5. The number of rotatable bonds is 12. The summed E-state index contributed by atoms with van der Waals surface area (Å²) in [6.07, 6.45) is 11.0. The van der Waals surface area contributed by atoms with Crippen molar-refractivity contribution in [2.45, 2.75) is 57.2 Å². The summed E-state index contributed by atoms with van der Waals surface area (Å²) in [5.74, 6) is -0.780. The number of nitrogen functional groups attached to an aromatic ring is 2. The highest BCUT2D eigenvalue weighted by Crippen LogP contribution is 2.25. The Morgan fingerprint density at radius 2 is 1.61 bits per heavy atom. The summed E-state index contributed by atoms with van der Waals surface area (Å²) in [5, 5.41) is 0. The van der Waals surface area contributed by atoms with Gasteiger partial charge in [0, 0.05) is 30.5 Å². The molecule has 0 bridgehead atoms. The number of ether oxygens (including phenoxy) is 3. The van der Waals surface area contributed by atoms with Crippen LogP contribution in [0.3, 0.4) is 0 Å². The molecule has 0 aromatic heterocycles. The van der Waals surface area contributed by atoms with Crippen LogP contribution in [-0.2, 0) is 25.4 Å². The third-order valence-corrected chi connectivity index (χ3v) is 6.03. The third kappa shape index (κ3) is 9.23. The van der Waals surface area contributed by atoms with Crippen molar-refractivity contribution in [2.75, 3.05) is 24.7 Å². The summed E-state index contributed by atoms with van der Waals surface area (Å²) >= 11 is 0. The molecular weight excluding hydrogens is 456 g/mol. The zero-order valence-electron chi connectivity index (χ0n) is 20.7. The molecular formula is C29H36N2O5. The minimum absolute atomic E-state index is 0.0800. The molecule has 0 saturated heterocycles. The van der Waals surface area contributed by atoms with Gasteiger partial charge in [0.1, 0.15) is 6.10 Å². The lowest BCUT2D eigenvalue weighted by Crippen LogP contribution is -2.28. The molecule has 7 heteroatoms. The Morgan fingerprint density at radius 3 is 2.28 bits per heavy atom. The van der Waals surface area contributed by atoms with Gasteiger partial charge in [0.15, 0.2) is 0 Å². The minimum atomic E-state index is -0.448. The molecule has 1 saturated carbocycles. The maximum Gasteiger partial charge on any atom is 0.338 e. The standard InChI is InChI=1S/C29H36N2O5/c1-2-3-4-16-34-26-10-12-27(13-11-26)36-29(33)23-8-5-21(6-9-23)7-14-28(32)35-17-15-22-18-24(30)20-25(31)19-22/h2,5-9,14,18-20,26-27H,1,3-4,10-13,15-17,30-31H2. The van der Waals surface area contributed by atoms with E-state index in [4.69, 9.17) is 25.7 Å². The molecule has 0 atom stereocenters. The zero-order chi connectivity index (χ0) is 25.8. The summed E-state index contributed by atoms with van der Waals surface area (Å²) in [7, 11) is 0. The van der Waals surface area contributed by atoms with Crippen molar-refractivity contribution in [2.24, 2.45) is 0 Å². The van der Waals surface area contributed by atoms with Crippen LogP contribution in [-0.4, -0.2) is 37.4 Å². The van der Waals surface area contributed by atoms with Gasteiger partial charge in [-0.3, -0.25) is 0 Å². The first-order chi connectivity index (χ1) is 17.4. The highest BCUT2D eigenvalue weighted by molar-refractivity contribution is 5.90. The van der Waals surface area contributed by atoms with Gasteiger partial charge in [-0.25, -0.2) is 9.59 Å². The fourth-order valence-corrected chi connectivity index (χ4v) is 4.12. The van der Waals surface area contributed by atoms with Gasteiger partial charge in [0.05, 0.1) is 18.3 Å². The molecule has 0 unspecified atom stereocenters. The van der Waals surface area contributed by atoms with Crippen LogP contribution in [0.15, 0.2) is 61.2 Å². The molecule has 0 aliphatic heterocycles. The largest absolute Gasteiger partial charge is 0.462 e. The molecule has 1 aliphatic carbocycles. The van der Waals surface area contributed by atoms with Gasteiger partial charge >= 0.3 is 11.9 Å². The van der Waals surface area contributed by atoms with E-state index in [1.165, 1.54) is 6.08 Å². The monoisotopic (exact) mass is 492 g/mol. The Kier molecular flexibility index (Phi) is 10.6. The summed E-state index contributed by atoms with van der Waals surface area (Å²) in [6, 6.07) is 12.2. The first-order valence-corrected chi connectivity index (χ1v) is 12.5. The van der Waals surface area contributed by atoms with Crippen molar-refractivity contribution in [1.82, 2.24) is 0 Å². The van der Waals surface area contributed by atoms with Crippen molar-refractivity contribution in [3.05, 3.63) is 77.9 Å². The molecule has 1 fully saturated rings. The molecule has 36 heavy (non-hydrogen) atoms. The molecule has 0 radical (unpaired) electrons. The molecule has 1 aliphatic rings. The van der Waals surface area contributed by atoms with Crippen molar-refractivity contribution in [1.29, 1.82) is 0 Å². The Hall–Kier alpha value is -3.58. The minimum Gasteiger partial charge on any atom is -0.462 e. The quantitative estimate of drug-likeness (QED) is 0.139. The Bertz CT molecular complexity index is 1020. The van der Waals surface area contributed by atoms with Crippen LogP contribution >= 0.6 is 0 Å². The lowest BCUT2D eigenvalue weighted by Gasteiger charge is -2.28. The molecule has 2 aromatic rings. The average Bonchev–Trinajstić information content (AvgIpc) is 2.86. The SMILES string of the molecule is C=CCCCOC1CCC(OC(=O)c2ccc(C=CC(=O)OCCc3cc(N)cc(N)c3)cc2)CC1. The molecule has 0 amide bonds. The first kappa shape index (κ1) is 27.0. The lowest BCUT2D eigenvalue weighted by atomic mass is 9.95. The van der Waals surface area contributed by atoms with Crippen molar-refractivity contribution in [3.8, 4) is 0 Å². The predicted octanol–water partition coefficient (Wildman–Crippen LogP) is 5.10. The van der Waals surface area contributed by atoms with E-state index in [2.05, 4.69) is 6.58 Å². The summed E-state index contributed by atoms with van der Waals surface area (Å²) < 4.78 is 16.8. The number of anilines is 2. The molecule has 7 nitrogen and oxygen atoms in total. The van der Waals surface area contributed by atoms with Crippen LogP contribution in [0.1, 0.15) is 60.0 Å². The van der Waals surface area contributed by atoms with Gasteiger partial charge in [-0.2, -0.15) is 0 Å². The smallest absolute Gasteiger partial charge is 0.338 e. The summed E-state index contributed by atoms with van der Waals surface area (Å²) in [5.41, 5.74) is 14.9. The molecule has 4 N–H and O–H groups in total. The van der Waals surface area contributed by atoms with Gasteiger partial charge in [-0.05, 0) is 86.1 Å². The molecule has 2 aromatic carbocycles. The van der Waals surface area contributed by atoms with Gasteiger partial charge in [-0.15, -0.1) is 6.58 Å². The van der Waals surface area contributed by atoms with E-state index in [9.17, 15) is 9.59 Å². The van der Waals surface area contributed by atoms with Crippen LogP contribution in [0.2, 0.25) is 0 Å². The fraction of sp³-hybridized carbons (Fsp3) is 0.379. The van der Waals surface area contributed by atoms with Gasteiger partial charge < -0.3 is 25.7 Å². The number of nitrogens with two attached hydrogens (primary N) is 2. The molecule has 0 heterocycles. The number of hydrogen-bond acceptors (Lipinski definition) is 7. The zero-order valence-corrected chi connectivity index (χ0v) is 20.7. The second-order valence-electron chi connectivity index (χ2n) is 8.99. The van der Waals surface area contributed by atoms with Gasteiger partial charge in [-0.1, -0.05) is 18.2 Å². The Balaban J connectivity index is 1.37. The molecule has 3 rings (SSSR count). The van der Waals surface area contributed by atoms with E-state index in [1.807, 2.05) is 6.08 Å². The van der Waals surface area contributed by atoms with Crippen LogP contribution < -0.4 is 11.5 Å². The highest BCUT2D eigenvalue weighted by Gasteiger charge is 2.24. The van der Waals surface area contributed by atoms with E-state index in [1.54, 1.807) is 48.5 Å². The first-order valence-electron chi connectivity index (χ1n) is 12.5. The van der Waals surface area contributed by atoms with E-state index in [0.29, 0.717) is 23.4 Å². The van der Waals surface area contributed by atoms with Crippen molar-refractivity contribution in [3.63, 3.8) is 0 Å². The Morgan fingerprint density at radius 1 is 0.944 bits per heavy atom. The van der Waals surface area contributed by atoms with E-state index >= 15 is 0 Å². The number of carbonyl (C=O) groups excluding carboxylic acids is 2. The number of hydrogen-bond donors (Lipinski definition) is 2. The van der Waals surface area contributed by atoms with Crippen molar-refractivity contribution < 1.29 is 23.8 Å². The predicted molar refractivity (Wildman–Crippen MR) is 142 cm³/mol. The lowest BCUT2D eigenvalue weighted by molar-refractivity contribution is -0.137.